The fraction of sp³-hybridized carbons (Fsp3) is 0.864. The molecule has 2 fully saturated rings. The van der Waals surface area contributed by atoms with E-state index in [1.807, 2.05) is 0 Å². The highest BCUT2D eigenvalue weighted by Crippen LogP contribution is 2.44. The molecule has 0 spiro atoms. The van der Waals surface area contributed by atoms with Gasteiger partial charge in [-0.25, -0.2) is 0 Å². The number of hydroxylamine groups is 4. The van der Waals surface area contributed by atoms with E-state index in [0.717, 1.165) is 103 Å². The molecule has 2 saturated heterocycles. The van der Waals surface area contributed by atoms with Crippen molar-refractivity contribution in [3.8, 4) is 0 Å². The van der Waals surface area contributed by atoms with Crippen LogP contribution in [-0.4, -0.2) is 139 Å². The molecule has 0 aromatic carbocycles. The molecule has 4 rings (SSSR count). The van der Waals surface area contributed by atoms with Gasteiger partial charge in [-0.1, -0.05) is 38.5 Å². The Hall–Kier alpha value is -3.42. The summed E-state index contributed by atoms with van der Waals surface area (Å²) in [6, 6.07) is 0. The second-order valence-corrected chi connectivity index (χ2v) is 19.8. The van der Waals surface area contributed by atoms with E-state index in [0.29, 0.717) is 60.6 Å². The summed E-state index contributed by atoms with van der Waals surface area (Å²) in [5.41, 5.74) is 0.0252. The SMILES string of the molecule is CON1C(C)(C)CC(CCCCNc2nc(NCCO)nc(NCCCCCCNc3nc(NCCO)nc(NCCCCC4CC(C)(C)N(OC)C(C)(C)C4)n3)n2)CC1(C)C. The predicted octanol–water partition coefficient (Wildman–Crippen LogP) is 6.78. The van der Waals surface area contributed by atoms with E-state index >= 15 is 0 Å². The third-order valence-electron chi connectivity index (χ3n) is 12.1. The van der Waals surface area contributed by atoms with Crippen molar-refractivity contribution in [3.63, 3.8) is 0 Å². The lowest BCUT2D eigenvalue weighted by molar-refractivity contribution is -0.272. The first-order valence-corrected chi connectivity index (χ1v) is 23.4. The van der Waals surface area contributed by atoms with E-state index < -0.39 is 0 Å². The standard InChI is InChI=1S/C44H84N14O4/c1-41(2)29-33(30-42(3,4)57(41)61-9)19-13-17-23-47-37-51-35(53-39(55-37)49-25-27-59)45-21-15-11-12-16-22-46-36-52-38(56-40(54-36)50-26-28-60)48-24-18-14-20-34-31-43(5,6)58(62-10)44(7,8)32-34/h33-34,59-60H,11-32H2,1-10H3,(H3,45,47,49,51,53,55)(H3,46,48,50,52,54,56). The Bertz CT molecular complexity index is 1450. The summed E-state index contributed by atoms with van der Waals surface area (Å²) in [6.07, 6.45) is 15.1. The lowest BCUT2D eigenvalue weighted by atomic mass is 9.73. The Labute approximate surface area is 372 Å². The second-order valence-electron chi connectivity index (χ2n) is 19.8. The number of aromatic nitrogens is 6. The van der Waals surface area contributed by atoms with Gasteiger partial charge in [0.1, 0.15) is 0 Å². The van der Waals surface area contributed by atoms with Crippen molar-refractivity contribution < 1.29 is 19.9 Å². The van der Waals surface area contributed by atoms with Gasteiger partial charge in [-0.15, -0.1) is 0 Å². The van der Waals surface area contributed by atoms with Gasteiger partial charge in [-0.3, -0.25) is 0 Å². The van der Waals surface area contributed by atoms with Crippen molar-refractivity contribution in [2.24, 2.45) is 11.8 Å². The van der Waals surface area contributed by atoms with Crippen LogP contribution >= 0.6 is 0 Å². The van der Waals surface area contributed by atoms with Crippen LogP contribution < -0.4 is 31.9 Å². The Kier molecular flexibility index (Phi) is 20.3. The molecule has 2 aromatic rings. The normalized spacial score (nSPS) is 19.0. The molecule has 0 bridgehead atoms. The number of rotatable bonds is 29. The van der Waals surface area contributed by atoms with Crippen molar-refractivity contribution in [3.05, 3.63) is 0 Å². The van der Waals surface area contributed by atoms with Crippen LogP contribution in [0.3, 0.4) is 0 Å². The molecule has 354 valence electrons. The van der Waals surface area contributed by atoms with Gasteiger partial charge >= 0.3 is 0 Å². The van der Waals surface area contributed by atoms with Gasteiger partial charge in [0.2, 0.25) is 35.7 Å². The number of nitrogens with zero attached hydrogens (tertiary/aromatic N) is 8. The minimum atomic E-state index is -0.00985. The second kappa shape index (κ2) is 24.6. The van der Waals surface area contributed by atoms with Gasteiger partial charge in [0.15, 0.2) is 0 Å². The van der Waals surface area contributed by atoms with Crippen LogP contribution in [0.15, 0.2) is 0 Å². The average molecular weight is 873 g/mol. The first-order chi connectivity index (χ1) is 29.5. The maximum atomic E-state index is 9.36. The third-order valence-corrected chi connectivity index (χ3v) is 12.1. The highest BCUT2D eigenvalue weighted by atomic mass is 16.7. The van der Waals surface area contributed by atoms with E-state index in [4.69, 9.17) is 9.68 Å². The van der Waals surface area contributed by atoms with E-state index in [1.165, 1.54) is 12.8 Å². The lowest BCUT2D eigenvalue weighted by Crippen LogP contribution is -2.59. The number of aliphatic hydroxyl groups excluding tert-OH is 2. The quantitative estimate of drug-likeness (QED) is 0.0396. The van der Waals surface area contributed by atoms with Crippen LogP contribution in [0.2, 0.25) is 0 Å². The molecule has 0 atom stereocenters. The van der Waals surface area contributed by atoms with Crippen LogP contribution in [0.1, 0.15) is 145 Å². The molecule has 8 N–H and O–H groups in total. The lowest BCUT2D eigenvalue weighted by Gasteiger charge is -2.53. The summed E-state index contributed by atoms with van der Waals surface area (Å²) in [7, 11) is 3.57. The topological polar surface area (TPSA) is 215 Å². The minimum Gasteiger partial charge on any atom is -0.395 e. The Morgan fingerprint density at radius 2 is 0.661 bits per heavy atom. The minimum absolute atomic E-state index is 0.00631. The average Bonchev–Trinajstić information content (AvgIpc) is 3.18. The first-order valence-electron chi connectivity index (χ1n) is 23.4. The number of unbranched alkanes of at least 4 members (excludes halogenated alkanes) is 5. The molecule has 2 aliphatic rings. The van der Waals surface area contributed by atoms with Crippen LogP contribution in [-0.2, 0) is 9.68 Å². The van der Waals surface area contributed by atoms with Crippen LogP contribution in [0.5, 0.6) is 0 Å². The molecule has 18 nitrogen and oxygen atoms in total. The number of hydrogen-bond donors (Lipinski definition) is 8. The number of anilines is 6. The number of aliphatic hydroxyl groups is 2. The molecular formula is C44H84N14O4. The molecule has 18 heteroatoms. The fourth-order valence-electron chi connectivity index (χ4n) is 10.4. The van der Waals surface area contributed by atoms with Gasteiger partial charge in [0.05, 0.1) is 27.4 Å². The van der Waals surface area contributed by atoms with E-state index in [9.17, 15) is 10.2 Å². The van der Waals surface area contributed by atoms with Gasteiger partial charge in [0, 0.05) is 61.4 Å². The first kappa shape index (κ1) is 51.2. The molecule has 2 aromatic heterocycles. The van der Waals surface area contributed by atoms with Crippen LogP contribution in [0, 0.1) is 11.8 Å². The number of hydrogen-bond acceptors (Lipinski definition) is 18. The fourth-order valence-corrected chi connectivity index (χ4v) is 10.4. The summed E-state index contributed by atoms with van der Waals surface area (Å²) in [5.74, 6) is 4.28. The third kappa shape index (κ3) is 16.3. The summed E-state index contributed by atoms with van der Waals surface area (Å²) < 4.78 is 0. The van der Waals surface area contributed by atoms with E-state index in [-0.39, 0.29) is 35.4 Å². The predicted molar refractivity (Wildman–Crippen MR) is 250 cm³/mol. The highest BCUT2D eigenvalue weighted by Gasteiger charge is 2.46. The van der Waals surface area contributed by atoms with Gasteiger partial charge in [-0.05, 0) is 119 Å². The maximum Gasteiger partial charge on any atom is 0.229 e. The van der Waals surface area contributed by atoms with E-state index in [2.05, 4.69) is 127 Å². The Balaban J connectivity index is 1.14. The van der Waals surface area contributed by atoms with Gasteiger partial charge in [0.25, 0.3) is 0 Å². The Morgan fingerprint density at radius 3 is 0.903 bits per heavy atom. The van der Waals surface area contributed by atoms with E-state index in [1.54, 1.807) is 14.2 Å². The molecule has 0 aliphatic carbocycles. The van der Waals surface area contributed by atoms with Crippen molar-refractivity contribution >= 4 is 35.7 Å². The zero-order valence-electron chi connectivity index (χ0n) is 40.0. The zero-order chi connectivity index (χ0) is 45.2. The zero-order valence-corrected chi connectivity index (χ0v) is 40.0. The highest BCUT2D eigenvalue weighted by molar-refractivity contribution is 5.43. The number of piperidine rings is 2. The smallest absolute Gasteiger partial charge is 0.229 e. The van der Waals surface area contributed by atoms with Crippen molar-refractivity contribution in [1.82, 2.24) is 40.0 Å². The van der Waals surface area contributed by atoms with Crippen molar-refractivity contribution in [1.29, 1.82) is 0 Å². The monoisotopic (exact) mass is 873 g/mol. The molecule has 0 unspecified atom stereocenters. The molecule has 0 saturated carbocycles. The summed E-state index contributed by atoms with van der Waals surface area (Å²) >= 11 is 0. The molecule has 4 heterocycles. The largest absolute Gasteiger partial charge is 0.395 e. The summed E-state index contributed by atoms with van der Waals surface area (Å²) in [5, 5.41) is 42.8. The number of nitrogens with one attached hydrogen (secondary N) is 6. The molecule has 2 aliphatic heterocycles. The van der Waals surface area contributed by atoms with Crippen molar-refractivity contribution in [2.75, 3.05) is 98.6 Å². The Morgan fingerprint density at radius 1 is 0.419 bits per heavy atom. The molecular weight excluding hydrogens is 789 g/mol. The van der Waals surface area contributed by atoms with Crippen LogP contribution in [0.25, 0.3) is 0 Å². The van der Waals surface area contributed by atoms with Gasteiger partial charge < -0.3 is 51.8 Å². The maximum absolute atomic E-state index is 9.36. The summed E-state index contributed by atoms with van der Waals surface area (Å²) in [6.45, 7) is 21.9. The molecule has 0 radical (unpaired) electrons. The van der Waals surface area contributed by atoms with Crippen LogP contribution in [0.4, 0.5) is 35.7 Å². The molecule has 0 amide bonds. The summed E-state index contributed by atoms with van der Waals surface area (Å²) in [4.78, 5) is 38.9. The van der Waals surface area contributed by atoms with Gasteiger partial charge in [-0.2, -0.15) is 40.0 Å². The molecule has 62 heavy (non-hydrogen) atoms. The van der Waals surface area contributed by atoms with Crippen molar-refractivity contribution in [2.45, 2.75) is 167 Å².